The van der Waals surface area contributed by atoms with Crippen molar-refractivity contribution in [2.45, 2.75) is 31.9 Å². The molecule has 92 valence electrons. The Morgan fingerprint density at radius 2 is 2.25 bits per heavy atom. The monoisotopic (exact) mass is 238 g/mol. The number of ether oxygens (including phenoxy) is 2. The lowest BCUT2D eigenvalue weighted by Crippen LogP contribution is -2.14. The van der Waals surface area contributed by atoms with E-state index in [-0.39, 0.29) is 13.0 Å². The van der Waals surface area contributed by atoms with Crippen molar-refractivity contribution in [3.63, 3.8) is 0 Å². The van der Waals surface area contributed by atoms with E-state index < -0.39 is 18.6 Å². The highest BCUT2D eigenvalue weighted by Crippen LogP contribution is 2.21. The van der Waals surface area contributed by atoms with Crippen molar-refractivity contribution in [3.8, 4) is 0 Å². The lowest BCUT2D eigenvalue weighted by molar-refractivity contribution is -0.147. The zero-order valence-corrected chi connectivity index (χ0v) is 8.68. The summed E-state index contributed by atoms with van der Waals surface area (Å²) in [5.41, 5.74) is 0.387. The third-order valence-corrected chi connectivity index (χ3v) is 2.03. The molecular weight excluding hydrogens is 225 g/mol. The van der Waals surface area contributed by atoms with Crippen LogP contribution in [0.2, 0.25) is 0 Å². The summed E-state index contributed by atoms with van der Waals surface area (Å²) >= 11 is 0. The molecule has 0 atom stereocenters. The van der Waals surface area contributed by atoms with Crippen molar-refractivity contribution in [3.05, 3.63) is 11.8 Å². The standard InChI is InChI=1S/C10H13F3O3/c11-10(12,13)4-2-6-16-9(14)8-3-1-5-15-7-8/h7H,1-6H2. The first-order valence-corrected chi connectivity index (χ1v) is 5.03. The summed E-state index contributed by atoms with van der Waals surface area (Å²) in [6, 6.07) is 0. The molecule has 0 amide bonds. The van der Waals surface area contributed by atoms with Gasteiger partial charge in [-0.15, -0.1) is 0 Å². The first kappa shape index (κ1) is 12.9. The molecule has 6 heteroatoms. The number of alkyl halides is 3. The lowest BCUT2D eigenvalue weighted by Gasteiger charge is -2.13. The van der Waals surface area contributed by atoms with Gasteiger partial charge in [0.15, 0.2) is 0 Å². The average molecular weight is 238 g/mol. The first-order valence-electron chi connectivity index (χ1n) is 5.03. The summed E-state index contributed by atoms with van der Waals surface area (Å²) in [5.74, 6) is -0.582. The number of hydrogen-bond donors (Lipinski definition) is 0. The molecule has 0 radical (unpaired) electrons. The van der Waals surface area contributed by atoms with Gasteiger partial charge in [-0.1, -0.05) is 0 Å². The van der Waals surface area contributed by atoms with Gasteiger partial charge >= 0.3 is 12.1 Å². The SMILES string of the molecule is O=C(OCCCC(F)(F)F)C1=COCCC1. The quantitative estimate of drug-likeness (QED) is 0.557. The van der Waals surface area contributed by atoms with Gasteiger partial charge in [0.05, 0.1) is 25.0 Å². The van der Waals surface area contributed by atoms with Crippen molar-refractivity contribution >= 4 is 5.97 Å². The number of hydrogen-bond acceptors (Lipinski definition) is 3. The Morgan fingerprint density at radius 1 is 1.50 bits per heavy atom. The summed E-state index contributed by atoms with van der Waals surface area (Å²) in [6.45, 7) is 0.348. The molecule has 0 aromatic rings. The first-order chi connectivity index (χ1) is 7.49. The van der Waals surface area contributed by atoms with E-state index in [4.69, 9.17) is 4.74 Å². The minimum absolute atomic E-state index is 0.205. The maximum absolute atomic E-state index is 11.8. The fraction of sp³-hybridized carbons (Fsp3) is 0.700. The van der Waals surface area contributed by atoms with Gasteiger partial charge < -0.3 is 9.47 Å². The maximum atomic E-state index is 11.8. The van der Waals surface area contributed by atoms with Crippen LogP contribution >= 0.6 is 0 Å². The van der Waals surface area contributed by atoms with Crippen LogP contribution in [-0.2, 0) is 14.3 Å². The molecule has 0 spiro atoms. The van der Waals surface area contributed by atoms with Gasteiger partial charge in [0.1, 0.15) is 0 Å². The van der Waals surface area contributed by atoms with Crippen molar-refractivity contribution in [2.24, 2.45) is 0 Å². The van der Waals surface area contributed by atoms with Gasteiger partial charge in [0.25, 0.3) is 0 Å². The molecule has 0 unspecified atom stereocenters. The summed E-state index contributed by atoms with van der Waals surface area (Å²) in [5, 5.41) is 0. The molecule has 0 aromatic heterocycles. The van der Waals surface area contributed by atoms with Crippen LogP contribution in [0.4, 0.5) is 13.2 Å². The Labute approximate surface area is 91.2 Å². The molecule has 1 heterocycles. The fourth-order valence-corrected chi connectivity index (χ4v) is 1.24. The van der Waals surface area contributed by atoms with E-state index >= 15 is 0 Å². The van der Waals surface area contributed by atoms with E-state index in [1.165, 1.54) is 6.26 Å². The van der Waals surface area contributed by atoms with Crippen LogP contribution in [0.3, 0.4) is 0 Å². The maximum Gasteiger partial charge on any atom is 0.389 e. The number of halogens is 3. The third-order valence-electron chi connectivity index (χ3n) is 2.03. The largest absolute Gasteiger partial charge is 0.501 e. The van der Waals surface area contributed by atoms with Gasteiger partial charge in [-0.05, 0) is 19.3 Å². The molecule has 1 aliphatic rings. The number of carbonyl (C=O) groups is 1. The molecule has 0 saturated carbocycles. The van der Waals surface area contributed by atoms with E-state index in [2.05, 4.69) is 4.74 Å². The minimum atomic E-state index is -4.19. The van der Waals surface area contributed by atoms with E-state index in [1.807, 2.05) is 0 Å². The highest BCUT2D eigenvalue weighted by Gasteiger charge is 2.26. The third kappa shape index (κ3) is 5.04. The number of esters is 1. The van der Waals surface area contributed by atoms with Gasteiger partial charge in [0.2, 0.25) is 0 Å². The smallest absolute Gasteiger partial charge is 0.389 e. The number of rotatable bonds is 4. The molecule has 16 heavy (non-hydrogen) atoms. The summed E-state index contributed by atoms with van der Waals surface area (Å²) < 4.78 is 44.9. The van der Waals surface area contributed by atoms with Gasteiger partial charge in [-0.25, -0.2) is 4.79 Å². The van der Waals surface area contributed by atoms with Gasteiger partial charge in [0, 0.05) is 6.42 Å². The van der Waals surface area contributed by atoms with Crippen LogP contribution in [0.15, 0.2) is 11.8 Å². The van der Waals surface area contributed by atoms with Gasteiger partial charge in [-0.3, -0.25) is 0 Å². The van der Waals surface area contributed by atoms with Crippen LogP contribution in [-0.4, -0.2) is 25.4 Å². The summed E-state index contributed by atoms with van der Waals surface area (Å²) in [4.78, 5) is 11.3. The van der Waals surface area contributed by atoms with E-state index in [1.54, 1.807) is 0 Å². The van der Waals surface area contributed by atoms with Crippen LogP contribution in [0.25, 0.3) is 0 Å². The number of carbonyl (C=O) groups excluding carboxylic acids is 1. The normalized spacial score (nSPS) is 16.3. The van der Waals surface area contributed by atoms with Crippen molar-refractivity contribution in [1.29, 1.82) is 0 Å². The van der Waals surface area contributed by atoms with Crippen LogP contribution in [0.1, 0.15) is 25.7 Å². The van der Waals surface area contributed by atoms with Crippen LogP contribution in [0.5, 0.6) is 0 Å². The molecule has 3 nitrogen and oxygen atoms in total. The van der Waals surface area contributed by atoms with Crippen LogP contribution < -0.4 is 0 Å². The molecule has 0 aliphatic carbocycles. The zero-order valence-electron chi connectivity index (χ0n) is 8.68. The van der Waals surface area contributed by atoms with Crippen LogP contribution in [0, 0.1) is 0 Å². The topological polar surface area (TPSA) is 35.5 Å². The van der Waals surface area contributed by atoms with Gasteiger partial charge in [-0.2, -0.15) is 13.2 Å². The van der Waals surface area contributed by atoms with E-state index in [0.717, 1.165) is 6.42 Å². The minimum Gasteiger partial charge on any atom is -0.501 e. The molecule has 0 aromatic carbocycles. The summed E-state index contributed by atoms with van der Waals surface area (Å²) in [6.07, 6.45) is -2.74. The Bertz CT molecular complexity index is 271. The highest BCUT2D eigenvalue weighted by molar-refractivity contribution is 5.88. The second kappa shape index (κ2) is 5.77. The molecular formula is C10H13F3O3. The molecule has 0 saturated heterocycles. The molecule has 1 rings (SSSR count). The Balaban J connectivity index is 2.18. The predicted molar refractivity (Wildman–Crippen MR) is 49.5 cm³/mol. The Hall–Kier alpha value is -1.20. The predicted octanol–water partition coefficient (Wildman–Crippen LogP) is 2.57. The van der Waals surface area contributed by atoms with E-state index in [9.17, 15) is 18.0 Å². The molecule has 0 N–H and O–H groups in total. The fourth-order valence-electron chi connectivity index (χ4n) is 1.24. The zero-order chi connectivity index (χ0) is 12.0. The van der Waals surface area contributed by atoms with Crippen molar-refractivity contribution in [1.82, 2.24) is 0 Å². The Morgan fingerprint density at radius 3 is 2.81 bits per heavy atom. The molecule has 0 fully saturated rings. The second-order valence-electron chi connectivity index (χ2n) is 3.47. The van der Waals surface area contributed by atoms with E-state index in [0.29, 0.717) is 18.6 Å². The highest BCUT2D eigenvalue weighted by atomic mass is 19.4. The lowest BCUT2D eigenvalue weighted by atomic mass is 10.1. The van der Waals surface area contributed by atoms with Crippen molar-refractivity contribution in [2.75, 3.05) is 13.2 Å². The molecule has 1 aliphatic heterocycles. The Kier molecular flexibility index (Phi) is 4.64. The molecule has 0 bridgehead atoms. The van der Waals surface area contributed by atoms with Crippen molar-refractivity contribution < 1.29 is 27.4 Å². The second-order valence-corrected chi connectivity index (χ2v) is 3.47. The summed E-state index contributed by atoms with van der Waals surface area (Å²) in [7, 11) is 0. The average Bonchev–Trinajstić information content (AvgIpc) is 2.24.